The second-order valence-corrected chi connectivity index (χ2v) is 8.00. The van der Waals surface area contributed by atoms with Gasteiger partial charge >= 0.3 is 0 Å². The Morgan fingerprint density at radius 1 is 0.857 bits per heavy atom. The number of anilines is 2. The Morgan fingerprint density at radius 2 is 1.49 bits per heavy atom. The molecule has 182 valence electrons. The van der Waals surface area contributed by atoms with Crippen LogP contribution < -0.4 is 24.8 Å². The quantitative estimate of drug-likeness (QED) is 0.462. The minimum atomic E-state index is -0.339. The van der Waals surface area contributed by atoms with Gasteiger partial charge in [-0.15, -0.1) is 0 Å². The molecule has 35 heavy (non-hydrogen) atoms. The van der Waals surface area contributed by atoms with Crippen LogP contribution in [0.2, 0.25) is 0 Å². The first-order chi connectivity index (χ1) is 17.1. The molecule has 0 unspecified atom stereocenters. The zero-order valence-corrected chi connectivity index (χ0v) is 19.7. The second kappa shape index (κ2) is 11.4. The van der Waals surface area contributed by atoms with Gasteiger partial charge in [-0.05, 0) is 43.2 Å². The molecule has 1 aliphatic rings. The maximum atomic E-state index is 13.0. The molecule has 1 aliphatic heterocycles. The number of hydrogen-bond donors (Lipinski definition) is 2. The lowest BCUT2D eigenvalue weighted by Crippen LogP contribution is -2.17. The number of hydrogen-bond acceptors (Lipinski definition) is 6. The second-order valence-electron chi connectivity index (χ2n) is 8.00. The zero-order valence-electron chi connectivity index (χ0n) is 19.7. The number of nitrogens with one attached hydrogen (secondary N) is 2. The van der Waals surface area contributed by atoms with Gasteiger partial charge in [-0.2, -0.15) is 0 Å². The smallest absolute Gasteiger partial charge is 0.255 e. The van der Waals surface area contributed by atoms with Crippen molar-refractivity contribution >= 4 is 23.2 Å². The van der Waals surface area contributed by atoms with Crippen LogP contribution in [0.1, 0.15) is 33.6 Å². The van der Waals surface area contributed by atoms with Gasteiger partial charge < -0.3 is 29.6 Å². The van der Waals surface area contributed by atoms with Gasteiger partial charge in [-0.25, -0.2) is 0 Å². The monoisotopic (exact) mass is 476 g/mol. The molecule has 1 fully saturated rings. The van der Waals surface area contributed by atoms with Crippen LogP contribution >= 0.6 is 0 Å². The fraction of sp³-hybridized carbons (Fsp3) is 0.259. The van der Waals surface area contributed by atoms with Gasteiger partial charge in [0.2, 0.25) is 0 Å². The van der Waals surface area contributed by atoms with E-state index in [1.54, 1.807) is 60.7 Å². The van der Waals surface area contributed by atoms with E-state index in [1.807, 2.05) is 6.07 Å². The molecule has 0 spiro atoms. The molecule has 2 amide bonds. The molecule has 0 radical (unpaired) electrons. The third-order valence-electron chi connectivity index (χ3n) is 5.61. The molecule has 0 bridgehead atoms. The predicted molar refractivity (Wildman–Crippen MR) is 133 cm³/mol. The van der Waals surface area contributed by atoms with Crippen LogP contribution in [0, 0.1) is 0 Å². The highest BCUT2D eigenvalue weighted by Gasteiger charge is 2.18. The van der Waals surface area contributed by atoms with E-state index in [0.717, 1.165) is 19.4 Å². The average Bonchev–Trinajstić information content (AvgIpc) is 3.42. The van der Waals surface area contributed by atoms with E-state index in [4.69, 9.17) is 18.9 Å². The topological polar surface area (TPSA) is 95.1 Å². The summed E-state index contributed by atoms with van der Waals surface area (Å²) in [5, 5.41) is 5.68. The van der Waals surface area contributed by atoms with Crippen LogP contribution in [0.5, 0.6) is 17.2 Å². The molecule has 0 saturated carbocycles. The summed E-state index contributed by atoms with van der Waals surface area (Å²) in [6, 6.07) is 19.0. The number of rotatable bonds is 9. The van der Waals surface area contributed by atoms with Crippen molar-refractivity contribution in [2.45, 2.75) is 18.9 Å². The highest BCUT2D eigenvalue weighted by Crippen LogP contribution is 2.37. The fourth-order valence-electron chi connectivity index (χ4n) is 3.76. The van der Waals surface area contributed by atoms with Crippen molar-refractivity contribution in [3.8, 4) is 17.2 Å². The SMILES string of the molecule is COc1cc(NC(=O)c2cccc(OC[C@@H]3CCCO3)c2)c(OC)cc1NC(=O)c1ccccc1. The Balaban J connectivity index is 1.49. The zero-order chi connectivity index (χ0) is 24.6. The normalized spacial score (nSPS) is 14.7. The van der Waals surface area contributed by atoms with Crippen molar-refractivity contribution in [2.24, 2.45) is 0 Å². The summed E-state index contributed by atoms with van der Waals surface area (Å²) in [6.07, 6.45) is 2.10. The molecule has 8 heteroatoms. The van der Waals surface area contributed by atoms with Crippen molar-refractivity contribution in [3.63, 3.8) is 0 Å². The summed E-state index contributed by atoms with van der Waals surface area (Å²) in [5.41, 5.74) is 1.75. The lowest BCUT2D eigenvalue weighted by molar-refractivity contribution is 0.0679. The third-order valence-corrected chi connectivity index (χ3v) is 5.61. The first kappa shape index (κ1) is 24.1. The Labute approximate surface area is 204 Å². The van der Waals surface area contributed by atoms with E-state index >= 15 is 0 Å². The Hall–Kier alpha value is -4.04. The summed E-state index contributed by atoms with van der Waals surface area (Å²) < 4.78 is 22.3. The molecule has 8 nitrogen and oxygen atoms in total. The van der Waals surface area contributed by atoms with Crippen molar-refractivity contribution in [2.75, 3.05) is 38.1 Å². The molecule has 1 atom stereocenters. The molecule has 3 aromatic rings. The lowest BCUT2D eigenvalue weighted by Gasteiger charge is -2.16. The number of amides is 2. The Kier molecular flexibility index (Phi) is 7.84. The van der Waals surface area contributed by atoms with Gasteiger partial charge in [0.05, 0.1) is 31.7 Å². The molecule has 2 N–H and O–H groups in total. The van der Waals surface area contributed by atoms with Crippen LogP contribution in [-0.2, 0) is 4.74 Å². The van der Waals surface area contributed by atoms with Crippen molar-refractivity contribution in [3.05, 3.63) is 77.9 Å². The van der Waals surface area contributed by atoms with Crippen LogP contribution in [0.4, 0.5) is 11.4 Å². The number of ether oxygens (including phenoxy) is 4. The molecule has 0 aliphatic carbocycles. The Bertz CT molecular complexity index is 1180. The molecule has 1 heterocycles. The number of methoxy groups -OCH3 is 2. The largest absolute Gasteiger partial charge is 0.494 e. The van der Waals surface area contributed by atoms with Crippen molar-refractivity contribution < 1.29 is 28.5 Å². The minimum absolute atomic E-state index is 0.0881. The summed E-state index contributed by atoms with van der Waals surface area (Å²) in [4.78, 5) is 25.6. The summed E-state index contributed by atoms with van der Waals surface area (Å²) in [7, 11) is 2.97. The maximum Gasteiger partial charge on any atom is 0.255 e. The van der Waals surface area contributed by atoms with E-state index in [1.165, 1.54) is 14.2 Å². The number of carbonyl (C=O) groups is 2. The first-order valence-electron chi connectivity index (χ1n) is 11.4. The van der Waals surface area contributed by atoms with Gasteiger partial charge in [0.25, 0.3) is 11.8 Å². The van der Waals surface area contributed by atoms with Gasteiger partial charge in [0, 0.05) is 29.9 Å². The number of benzene rings is 3. The molecule has 0 aromatic heterocycles. The summed E-state index contributed by atoms with van der Waals surface area (Å²) >= 11 is 0. The average molecular weight is 477 g/mol. The fourth-order valence-corrected chi connectivity index (χ4v) is 3.76. The van der Waals surface area contributed by atoms with Crippen LogP contribution in [-0.4, -0.2) is 45.4 Å². The van der Waals surface area contributed by atoms with Gasteiger partial charge in [-0.1, -0.05) is 24.3 Å². The highest BCUT2D eigenvalue weighted by atomic mass is 16.5. The first-order valence-corrected chi connectivity index (χ1v) is 11.4. The maximum absolute atomic E-state index is 13.0. The molecule has 3 aromatic carbocycles. The van der Waals surface area contributed by atoms with Gasteiger partial charge in [-0.3, -0.25) is 9.59 Å². The van der Waals surface area contributed by atoms with E-state index < -0.39 is 0 Å². The van der Waals surface area contributed by atoms with Crippen molar-refractivity contribution in [1.82, 2.24) is 0 Å². The van der Waals surface area contributed by atoms with Gasteiger partial charge in [0.15, 0.2) is 0 Å². The lowest BCUT2D eigenvalue weighted by atomic mass is 10.1. The highest BCUT2D eigenvalue weighted by molar-refractivity contribution is 6.07. The molecular formula is C27H28N2O6. The summed E-state index contributed by atoms with van der Waals surface area (Å²) in [5.74, 6) is 0.709. The van der Waals surface area contributed by atoms with Crippen LogP contribution in [0.15, 0.2) is 66.7 Å². The van der Waals surface area contributed by atoms with Gasteiger partial charge in [0.1, 0.15) is 23.9 Å². The molecular weight excluding hydrogens is 448 g/mol. The number of carbonyl (C=O) groups excluding carboxylic acids is 2. The van der Waals surface area contributed by atoms with Crippen molar-refractivity contribution in [1.29, 1.82) is 0 Å². The Morgan fingerprint density at radius 3 is 2.09 bits per heavy atom. The van der Waals surface area contributed by atoms with E-state index in [-0.39, 0.29) is 17.9 Å². The predicted octanol–water partition coefficient (Wildman–Crippen LogP) is 4.77. The standard InChI is InChI=1S/C27H28N2O6/c1-32-24-16-23(25(33-2)15-22(24)28-26(30)18-8-4-3-5-9-18)29-27(31)19-10-6-11-20(14-19)35-17-21-12-7-13-34-21/h3-6,8-11,14-16,21H,7,12-13,17H2,1-2H3,(H,28,30)(H,29,31)/t21-/m0/s1. The molecule has 1 saturated heterocycles. The van der Waals surface area contributed by atoms with E-state index in [0.29, 0.717) is 46.4 Å². The summed E-state index contributed by atoms with van der Waals surface area (Å²) in [6.45, 7) is 1.21. The van der Waals surface area contributed by atoms with E-state index in [2.05, 4.69) is 10.6 Å². The third kappa shape index (κ3) is 6.10. The van der Waals surface area contributed by atoms with Crippen LogP contribution in [0.25, 0.3) is 0 Å². The van der Waals surface area contributed by atoms with Crippen LogP contribution in [0.3, 0.4) is 0 Å². The minimum Gasteiger partial charge on any atom is -0.494 e. The molecule has 4 rings (SSSR count). The van der Waals surface area contributed by atoms with E-state index in [9.17, 15) is 9.59 Å².